The normalized spacial score (nSPS) is 18.5. The molecule has 0 aromatic heterocycles. The first kappa shape index (κ1) is 31.8. The summed E-state index contributed by atoms with van der Waals surface area (Å²) in [5.41, 5.74) is 8.00. The number of hydrogen-bond acceptors (Lipinski definition) is 0. The van der Waals surface area contributed by atoms with Crippen LogP contribution in [0.5, 0.6) is 0 Å². The third kappa shape index (κ3) is 9.72. The van der Waals surface area contributed by atoms with E-state index < -0.39 is 0 Å². The van der Waals surface area contributed by atoms with Gasteiger partial charge in [-0.1, -0.05) is 35.4 Å². The van der Waals surface area contributed by atoms with Crippen molar-refractivity contribution in [3.63, 3.8) is 0 Å². The van der Waals surface area contributed by atoms with Crippen LogP contribution in [-0.2, 0) is 29.8 Å². The Bertz CT molecular complexity index is 892. The van der Waals surface area contributed by atoms with Gasteiger partial charge in [0.2, 0.25) is 0 Å². The molecule has 0 atom stereocenters. The fourth-order valence-corrected chi connectivity index (χ4v) is 12.8. The van der Waals surface area contributed by atoms with Crippen molar-refractivity contribution in [2.75, 3.05) is 0 Å². The molecule has 6 rings (SSSR count). The SMILES string of the molecule is [C-]1=CC=CC1.[Cl-].[Cl-].[Zr+2]=[Si](C1CCCCCC1)C1CCCCCC1.[c-]1cccc2c1Cc1ccccc1-2. The summed E-state index contributed by atoms with van der Waals surface area (Å²) >= 11 is 1.96. The Balaban J connectivity index is 0.000000205. The minimum Gasteiger partial charge on any atom is -0.179 e. The first-order valence-electron chi connectivity index (χ1n) is 13.7. The number of allylic oxidation sites excluding steroid dienone is 4. The molecule has 0 bridgehead atoms. The summed E-state index contributed by atoms with van der Waals surface area (Å²) in [6, 6.07) is 18.1. The second-order valence-electron chi connectivity index (χ2n) is 10.2. The van der Waals surface area contributed by atoms with E-state index in [1.54, 1.807) is 51.4 Å². The monoisotopic (exact) mass is 612 g/mol. The van der Waals surface area contributed by atoms with Gasteiger partial charge >= 0.3 is 117 Å². The molecular formula is C32H40Cl2SiZr-2. The Hall–Kier alpha value is -0.400. The first-order valence-corrected chi connectivity index (χ1v) is 19.0. The van der Waals surface area contributed by atoms with Gasteiger partial charge in [-0.05, 0) is 6.42 Å². The van der Waals surface area contributed by atoms with Crippen molar-refractivity contribution >= 4 is 5.43 Å². The van der Waals surface area contributed by atoms with Crippen LogP contribution in [0.4, 0.5) is 0 Å². The molecule has 0 unspecified atom stereocenters. The average molecular weight is 615 g/mol. The molecule has 2 aromatic carbocycles. The minimum absolute atomic E-state index is 0. The standard InChI is InChI=1S/C14H26Si.C13H9.C5H5.2ClH.Zr/c1-2-6-10-13(9-5-1)15-14-11-7-3-4-8-12-14;1-3-7-12-10(5-1)9-11-6-2-4-8-13(11)12;1-2-4-5-3-1;;;/h13-14H,1-12H2;1-5,7-8H,9H2;1-3H,4H2;2*1H;/q;2*-1;;;+2/p-2. The van der Waals surface area contributed by atoms with Crippen molar-refractivity contribution in [1.82, 2.24) is 0 Å². The molecule has 36 heavy (non-hydrogen) atoms. The number of rotatable bonds is 2. The van der Waals surface area contributed by atoms with E-state index in [4.69, 9.17) is 0 Å². The fourth-order valence-electron chi connectivity index (χ4n) is 5.85. The quantitative estimate of drug-likeness (QED) is 0.236. The van der Waals surface area contributed by atoms with Crippen LogP contribution in [0.2, 0.25) is 11.1 Å². The van der Waals surface area contributed by atoms with E-state index in [1.807, 2.05) is 41.6 Å². The maximum atomic E-state index is 3.30. The zero-order valence-electron chi connectivity index (χ0n) is 21.6. The van der Waals surface area contributed by atoms with Crippen LogP contribution in [0.15, 0.2) is 60.7 Å². The molecule has 2 aromatic rings. The fraction of sp³-hybridized carbons (Fsp3) is 0.500. The largest absolute Gasteiger partial charge is 0.179 e. The molecule has 0 heterocycles. The maximum Gasteiger partial charge on any atom is -0.0253 e. The van der Waals surface area contributed by atoms with E-state index in [0.717, 1.165) is 12.8 Å². The van der Waals surface area contributed by atoms with Crippen LogP contribution >= 0.6 is 0 Å². The summed E-state index contributed by atoms with van der Waals surface area (Å²) in [7, 11) is 0. The number of halogens is 2. The van der Waals surface area contributed by atoms with Crippen LogP contribution in [0.1, 0.15) is 94.6 Å². The second-order valence-corrected chi connectivity index (χ2v) is 17.0. The summed E-state index contributed by atoms with van der Waals surface area (Å²) in [5.74, 6) is 0. The smallest absolute Gasteiger partial charge is 0.0253 e. The molecule has 0 amide bonds. The second kappa shape index (κ2) is 18.0. The topological polar surface area (TPSA) is 0 Å². The predicted molar refractivity (Wildman–Crippen MR) is 144 cm³/mol. The average Bonchev–Trinajstić information content (AvgIpc) is 3.40. The summed E-state index contributed by atoms with van der Waals surface area (Å²) in [6.45, 7) is 0. The van der Waals surface area contributed by atoms with Crippen molar-refractivity contribution in [1.29, 1.82) is 0 Å². The summed E-state index contributed by atoms with van der Waals surface area (Å²) in [5, 5.41) is 0. The van der Waals surface area contributed by atoms with E-state index in [1.165, 1.54) is 59.0 Å². The molecule has 0 spiro atoms. The van der Waals surface area contributed by atoms with E-state index in [9.17, 15) is 0 Å². The molecule has 192 valence electrons. The van der Waals surface area contributed by atoms with Crippen molar-refractivity contribution in [3.8, 4) is 11.1 Å². The Morgan fingerprint density at radius 2 is 1.31 bits per heavy atom. The van der Waals surface area contributed by atoms with E-state index in [0.29, 0.717) is 0 Å². The molecule has 0 N–H and O–H groups in total. The molecule has 0 radical (unpaired) electrons. The van der Waals surface area contributed by atoms with Gasteiger partial charge in [0.1, 0.15) is 0 Å². The van der Waals surface area contributed by atoms with Gasteiger partial charge in [-0.3, -0.25) is 6.08 Å². The van der Waals surface area contributed by atoms with E-state index in [2.05, 4.69) is 54.6 Å². The molecule has 4 aliphatic carbocycles. The third-order valence-corrected chi connectivity index (χ3v) is 16.7. The van der Waals surface area contributed by atoms with Gasteiger partial charge in [0.15, 0.2) is 0 Å². The number of benzene rings is 2. The Labute approximate surface area is 248 Å². The van der Waals surface area contributed by atoms with Gasteiger partial charge in [0.05, 0.1) is 0 Å². The molecule has 0 saturated heterocycles. The molecule has 0 nitrogen and oxygen atoms in total. The van der Waals surface area contributed by atoms with Gasteiger partial charge in [0, 0.05) is 0 Å². The molecular weight excluding hydrogens is 575 g/mol. The van der Waals surface area contributed by atoms with Crippen LogP contribution in [-0.4, -0.2) is 5.43 Å². The predicted octanol–water partition coefficient (Wildman–Crippen LogP) is 3.35. The number of fused-ring (bicyclic) bond motifs is 3. The van der Waals surface area contributed by atoms with E-state index >= 15 is 0 Å². The summed E-state index contributed by atoms with van der Waals surface area (Å²) < 4.78 is 0. The Kier molecular flexibility index (Phi) is 15.9. The van der Waals surface area contributed by atoms with E-state index in [-0.39, 0.29) is 30.2 Å². The van der Waals surface area contributed by atoms with Gasteiger partial charge < -0.3 is 24.8 Å². The van der Waals surface area contributed by atoms with Gasteiger partial charge in [-0.2, -0.15) is 35.9 Å². The van der Waals surface area contributed by atoms with Crippen molar-refractivity contribution in [3.05, 3.63) is 84.0 Å². The van der Waals surface area contributed by atoms with Crippen molar-refractivity contribution in [2.24, 2.45) is 0 Å². The zero-order valence-corrected chi connectivity index (χ0v) is 26.6. The van der Waals surface area contributed by atoms with Gasteiger partial charge in [-0.25, -0.2) is 12.2 Å². The zero-order chi connectivity index (χ0) is 23.4. The van der Waals surface area contributed by atoms with Gasteiger partial charge in [0.25, 0.3) is 0 Å². The molecule has 2 saturated carbocycles. The molecule has 4 heteroatoms. The molecule has 4 aliphatic rings. The van der Waals surface area contributed by atoms with Crippen LogP contribution < -0.4 is 24.8 Å². The maximum absolute atomic E-state index is 3.30. The Morgan fingerprint density at radius 1 is 0.722 bits per heavy atom. The van der Waals surface area contributed by atoms with Crippen LogP contribution in [0, 0.1) is 12.1 Å². The first-order chi connectivity index (χ1) is 16.8. The van der Waals surface area contributed by atoms with Crippen LogP contribution in [0.25, 0.3) is 11.1 Å². The Morgan fingerprint density at radius 3 is 1.83 bits per heavy atom. The summed E-state index contributed by atoms with van der Waals surface area (Å²) in [6.07, 6.45) is 29.8. The summed E-state index contributed by atoms with van der Waals surface area (Å²) in [4.78, 5) is 0. The minimum atomic E-state index is 0. The molecule has 2 fully saturated rings. The number of hydrogen-bond donors (Lipinski definition) is 0. The van der Waals surface area contributed by atoms with Crippen molar-refractivity contribution in [2.45, 2.75) is 101 Å². The van der Waals surface area contributed by atoms with Gasteiger partial charge in [-0.15, -0.1) is 12.0 Å². The third-order valence-electron chi connectivity index (χ3n) is 7.79. The molecule has 0 aliphatic heterocycles. The van der Waals surface area contributed by atoms with Crippen LogP contribution in [0.3, 0.4) is 0 Å². The van der Waals surface area contributed by atoms with Crippen molar-refractivity contribution < 1.29 is 48.1 Å².